The van der Waals surface area contributed by atoms with E-state index in [2.05, 4.69) is 33.7 Å². The molecule has 2 aliphatic carbocycles. The van der Waals surface area contributed by atoms with Crippen LogP contribution in [0.25, 0.3) is 0 Å². The largest absolute Gasteiger partial charge is 0.323 e. The molecule has 0 saturated heterocycles. The van der Waals surface area contributed by atoms with Gasteiger partial charge < -0.3 is 4.90 Å². The van der Waals surface area contributed by atoms with Crippen LogP contribution in [-0.4, -0.2) is 28.2 Å². The number of carbonyl (C=O) groups excluding carboxylic acids is 1. The summed E-state index contributed by atoms with van der Waals surface area (Å²) in [5, 5.41) is 12.8. The van der Waals surface area contributed by atoms with Gasteiger partial charge in [-0.1, -0.05) is 35.6 Å². The van der Waals surface area contributed by atoms with E-state index < -0.39 is 0 Å². The molecule has 5 nitrogen and oxygen atoms in total. The van der Waals surface area contributed by atoms with Gasteiger partial charge in [-0.25, -0.2) is 4.79 Å². The van der Waals surface area contributed by atoms with E-state index in [4.69, 9.17) is 0 Å². The van der Waals surface area contributed by atoms with E-state index in [0.29, 0.717) is 11.0 Å². The highest BCUT2D eigenvalue weighted by Crippen LogP contribution is 2.42. The molecule has 1 aromatic heterocycles. The lowest BCUT2D eigenvalue weighted by molar-refractivity contribution is 0.204. The van der Waals surface area contributed by atoms with Crippen molar-refractivity contribution in [3.63, 3.8) is 0 Å². The fraction of sp³-hybridized carbons (Fsp3) is 0.438. The van der Waals surface area contributed by atoms with Crippen molar-refractivity contribution >= 4 is 22.5 Å². The Labute approximate surface area is 133 Å². The first-order valence-electron chi connectivity index (χ1n) is 7.67. The van der Waals surface area contributed by atoms with E-state index in [9.17, 15) is 4.79 Å². The van der Waals surface area contributed by atoms with Crippen molar-refractivity contribution in [2.45, 2.75) is 37.6 Å². The molecule has 6 heteroatoms. The summed E-state index contributed by atoms with van der Waals surface area (Å²) in [4.78, 5) is 14.2. The molecule has 1 heterocycles. The zero-order valence-corrected chi connectivity index (χ0v) is 13.3. The highest BCUT2D eigenvalue weighted by Gasteiger charge is 2.30. The van der Waals surface area contributed by atoms with E-state index >= 15 is 0 Å². The molecule has 1 fully saturated rings. The van der Waals surface area contributed by atoms with Crippen LogP contribution in [0.4, 0.5) is 9.93 Å². The SMILES string of the molecule is CN(C(=O)Nc1nnc(C2CC2)s1)[C@H]1CCc2ccccc21. The maximum Gasteiger partial charge on any atom is 0.323 e. The van der Waals surface area contributed by atoms with Gasteiger partial charge in [0.25, 0.3) is 0 Å². The Bertz CT molecular complexity index is 710. The van der Waals surface area contributed by atoms with Gasteiger partial charge in [-0.3, -0.25) is 5.32 Å². The molecule has 1 atom stereocenters. The normalized spacial score (nSPS) is 19.8. The number of rotatable bonds is 3. The first kappa shape index (κ1) is 13.7. The molecule has 2 amide bonds. The summed E-state index contributed by atoms with van der Waals surface area (Å²) in [6, 6.07) is 8.39. The Kier molecular flexibility index (Phi) is 3.33. The fourth-order valence-corrected chi connectivity index (χ4v) is 3.94. The molecule has 0 spiro atoms. The minimum absolute atomic E-state index is 0.111. The second-order valence-electron chi connectivity index (χ2n) is 6.01. The van der Waals surface area contributed by atoms with Crippen LogP contribution in [0.1, 0.15) is 47.4 Å². The third-order valence-electron chi connectivity index (χ3n) is 4.47. The molecular formula is C16H18N4OS. The van der Waals surface area contributed by atoms with Crippen LogP contribution >= 0.6 is 11.3 Å². The predicted molar refractivity (Wildman–Crippen MR) is 86.2 cm³/mol. The van der Waals surface area contributed by atoms with Gasteiger partial charge in [-0.15, -0.1) is 10.2 Å². The first-order chi connectivity index (χ1) is 10.7. The number of benzene rings is 1. The third kappa shape index (κ3) is 2.47. The van der Waals surface area contributed by atoms with Crippen molar-refractivity contribution in [1.82, 2.24) is 15.1 Å². The second kappa shape index (κ2) is 5.35. The molecule has 114 valence electrons. The van der Waals surface area contributed by atoms with Crippen molar-refractivity contribution in [2.24, 2.45) is 0 Å². The number of nitrogens with one attached hydrogen (secondary N) is 1. The van der Waals surface area contributed by atoms with Gasteiger partial charge in [0.2, 0.25) is 5.13 Å². The lowest BCUT2D eigenvalue weighted by atomic mass is 10.1. The van der Waals surface area contributed by atoms with Crippen molar-refractivity contribution in [3.05, 3.63) is 40.4 Å². The van der Waals surface area contributed by atoms with Crippen molar-refractivity contribution in [3.8, 4) is 0 Å². The van der Waals surface area contributed by atoms with E-state index in [0.717, 1.165) is 17.8 Å². The number of amides is 2. The smallest absolute Gasteiger partial charge is 0.320 e. The van der Waals surface area contributed by atoms with Gasteiger partial charge in [-0.05, 0) is 36.8 Å². The van der Waals surface area contributed by atoms with Crippen LogP contribution in [0.15, 0.2) is 24.3 Å². The van der Waals surface area contributed by atoms with Crippen LogP contribution in [-0.2, 0) is 6.42 Å². The molecule has 4 rings (SSSR count). The number of hydrogen-bond acceptors (Lipinski definition) is 4. The van der Waals surface area contributed by atoms with Crippen molar-refractivity contribution in [1.29, 1.82) is 0 Å². The van der Waals surface area contributed by atoms with Gasteiger partial charge >= 0.3 is 6.03 Å². The Morgan fingerprint density at radius 1 is 1.27 bits per heavy atom. The average molecular weight is 314 g/mol. The van der Waals surface area contributed by atoms with Crippen molar-refractivity contribution in [2.75, 3.05) is 12.4 Å². The molecule has 22 heavy (non-hydrogen) atoms. The topological polar surface area (TPSA) is 58.1 Å². The summed E-state index contributed by atoms with van der Waals surface area (Å²) >= 11 is 1.50. The van der Waals surface area contributed by atoms with Crippen LogP contribution < -0.4 is 5.32 Å². The number of fused-ring (bicyclic) bond motifs is 1. The highest BCUT2D eigenvalue weighted by molar-refractivity contribution is 7.15. The minimum atomic E-state index is -0.111. The molecular weight excluding hydrogens is 296 g/mol. The number of hydrogen-bond donors (Lipinski definition) is 1. The minimum Gasteiger partial charge on any atom is -0.320 e. The van der Waals surface area contributed by atoms with Crippen LogP contribution in [0, 0.1) is 0 Å². The zero-order chi connectivity index (χ0) is 15.1. The van der Waals surface area contributed by atoms with Gasteiger partial charge in [0.1, 0.15) is 5.01 Å². The predicted octanol–water partition coefficient (Wildman–Crippen LogP) is 3.57. The number of anilines is 1. The summed E-state index contributed by atoms with van der Waals surface area (Å²) in [7, 11) is 1.85. The fourth-order valence-electron chi connectivity index (χ4n) is 3.04. The summed E-state index contributed by atoms with van der Waals surface area (Å²) in [5.74, 6) is 0.572. The second-order valence-corrected chi connectivity index (χ2v) is 7.02. The maximum atomic E-state index is 12.5. The van der Waals surface area contributed by atoms with E-state index in [1.807, 2.05) is 13.1 Å². The van der Waals surface area contributed by atoms with Gasteiger partial charge in [-0.2, -0.15) is 0 Å². The first-order valence-corrected chi connectivity index (χ1v) is 8.49. The lowest BCUT2D eigenvalue weighted by Crippen LogP contribution is -2.33. The van der Waals surface area contributed by atoms with Crippen LogP contribution in [0.3, 0.4) is 0 Å². The number of carbonyl (C=O) groups is 1. The quantitative estimate of drug-likeness (QED) is 0.942. The number of nitrogens with zero attached hydrogens (tertiary/aromatic N) is 3. The molecule has 2 aromatic rings. The molecule has 2 aliphatic rings. The number of aryl methyl sites for hydroxylation is 1. The third-order valence-corrected chi connectivity index (χ3v) is 5.47. The Morgan fingerprint density at radius 2 is 2.09 bits per heavy atom. The van der Waals surface area contributed by atoms with Crippen molar-refractivity contribution < 1.29 is 4.79 Å². The number of aromatic nitrogens is 2. The lowest BCUT2D eigenvalue weighted by Gasteiger charge is -2.25. The molecule has 0 aliphatic heterocycles. The molecule has 1 saturated carbocycles. The Balaban J connectivity index is 1.45. The highest BCUT2D eigenvalue weighted by atomic mass is 32.1. The molecule has 0 radical (unpaired) electrons. The standard InChI is InChI=1S/C16H18N4OS/c1-20(13-9-8-10-4-2-3-5-12(10)13)16(21)17-15-19-18-14(22-15)11-6-7-11/h2-5,11,13H,6-9H2,1H3,(H,17,19,21)/t13-/m0/s1. The number of urea groups is 1. The summed E-state index contributed by atoms with van der Waals surface area (Å²) in [6.45, 7) is 0. The summed E-state index contributed by atoms with van der Waals surface area (Å²) in [6.07, 6.45) is 4.40. The van der Waals surface area contributed by atoms with Gasteiger partial charge in [0.15, 0.2) is 0 Å². The summed E-state index contributed by atoms with van der Waals surface area (Å²) in [5.41, 5.74) is 2.61. The maximum absolute atomic E-state index is 12.5. The van der Waals surface area contributed by atoms with E-state index in [-0.39, 0.29) is 12.1 Å². The zero-order valence-electron chi connectivity index (χ0n) is 12.5. The van der Waals surface area contributed by atoms with E-state index in [1.165, 1.54) is 35.3 Å². The Hall–Kier alpha value is -1.95. The summed E-state index contributed by atoms with van der Waals surface area (Å²) < 4.78 is 0. The van der Waals surface area contributed by atoms with Gasteiger partial charge in [0, 0.05) is 13.0 Å². The molecule has 0 bridgehead atoms. The average Bonchev–Trinajstić information content (AvgIpc) is 3.13. The van der Waals surface area contributed by atoms with Crippen LogP contribution in [0.5, 0.6) is 0 Å². The molecule has 1 N–H and O–H groups in total. The van der Waals surface area contributed by atoms with Gasteiger partial charge in [0.05, 0.1) is 6.04 Å². The van der Waals surface area contributed by atoms with E-state index in [1.54, 1.807) is 4.90 Å². The Morgan fingerprint density at radius 3 is 2.91 bits per heavy atom. The van der Waals surface area contributed by atoms with Crippen LogP contribution in [0.2, 0.25) is 0 Å². The molecule has 0 unspecified atom stereocenters. The monoisotopic (exact) mass is 314 g/mol. The molecule has 1 aromatic carbocycles.